The smallest absolute Gasteiger partial charge is 0.191 e. The normalized spacial score (nSPS) is 11.2. The third-order valence-electron chi connectivity index (χ3n) is 4.67. The van der Waals surface area contributed by atoms with Crippen molar-refractivity contribution in [3.63, 3.8) is 0 Å². The molecule has 0 aliphatic rings. The fourth-order valence-corrected chi connectivity index (χ4v) is 2.99. The lowest BCUT2D eigenvalue weighted by molar-refractivity contribution is 0.171. The van der Waals surface area contributed by atoms with E-state index in [-0.39, 0.29) is 0 Å². The first-order valence-corrected chi connectivity index (χ1v) is 10.6. The van der Waals surface area contributed by atoms with Crippen molar-refractivity contribution in [2.45, 2.75) is 33.4 Å². The summed E-state index contributed by atoms with van der Waals surface area (Å²) >= 11 is 0. The SMILES string of the molecule is CCNC(=NCc1ccc(OC)cc1OC)NCc1ccc(C)cc1OCCCOC. The van der Waals surface area contributed by atoms with Crippen molar-refractivity contribution >= 4 is 5.96 Å². The summed E-state index contributed by atoms with van der Waals surface area (Å²) in [7, 11) is 4.99. The topological polar surface area (TPSA) is 73.3 Å². The standard InChI is InChI=1S/C24H35N3O4/c1-6-25-24(26-16-19-10-11-21(29-4)15-22(19)30-5)27-17-20-9-8-18(2)14-23(20)31-13-7-12-28-3/h8-11,14-15H,6-7,12-13,16-17H2,1-5H3,(H2,25,26,27). The van der Waals surface area contributed by atoms with E-state index in [4.69, 9.17) is 23.9 Å². The molecule has 2 rings (SSSR count). The Bertz CT molecular complexity index is 840. The minimum absolute atomic E-state index is 0.483. The number of ether oxygens (including phenoxy) is 4. The molecule has 0 amide bonds. The lowest BCUT2D eigenvalue weighted by Gasteiger charge is -2.16. The Hall–Kier alpha value is -2.93. The van der Waals surface area contributed by atoms with Gasteiger partial charge in [0.1, 0.15) is 17.2 Å². The molecule has 0 saturated heterocycles. The molecule has 2 N–H and O–H groups in total. The van der Waals surface area contributed by atoms with E-state index in [1.54, 1.807) is 21.3 Å². The fourth-order valence-electron chi connectivity index (χ4n) is 2.99. The fraction of sp³-hybridized carbons (Fsp3) is 0.458. The predicted molar refractivity (Wildman–Crippen MR) is 124 cm³/mol. The zero-order valence-corrected chi connectivity index (χ0v) is 19.3. The molecule has 2 aromatic rings. The number of benzene rings is 2. The van der Waals surface area contributed by atoms with Crippen LogP contribution in [0, 0.1) is 6.92 Å². The summed E-state index contributed by atoms with van der Waals surface area (Å²) in [5, 5.41) is 6.69. The van der Waals surface area contributed by atoms with E-state index in [2.05, 4.69) is 35.8 Å². The Balaban J connectivity index is 2.07. The summed E-state index contributed by atoms with van der Waals surface area (Å²) in [5.74, 6) is 3.12. The number of nitrogens with zero attached hydrogens (tertiary/aromatic N) is 1. The molecular weight excluding hydrogens is 394 g/mol. The first kappa shape index (κ1) is 24.3. The molecule has 0 aliphatic heterocycles. The lowest BCUT2D eigenvalue weighted by atomic mass is 10.1. The van der Waals surface area contributed by atoms with Gasteiger partial charge in [-0.15, -0.1) is 0 Å². The summed E-state index contributed by atoms with van der Waals surface area (Å²) in [6.45, 7) is 7.26. The van der Waals surface area contributed by atoms with Gasteiger partial charge in [0, 0.05) is 50.4 Å². The maximum atomic E-state index is 5.99. The van der Waals surface area contributed by atoms with Gasteiger partial charge in [-0.25, -0.2) is 4.99 Å². The van der Waals surface area contributed by atoms with Crippen LogP contribution >= 0.6 is 0 Å². The maximum absolute atomic E-state index is 5.99. The number of nitrogens with one attached hydrogen (secondary N) is 2. The maximum Gasteiger partial charge on any atom is 0.191 e. The molecule has 0 fully saturated rings. The number of methoxy groups -OCH3 is 3. The van der Waals surface area contributed by atoms with Gasteiger partial charge in [-0.2, -0.15) is 0 Å². The van der Waals surface area contributed by atoms with Gasteiger partial charge in [0.15, 0.2) is 5.96 Å². The Kier molecular flexibility index (Phi) is 10.5. The van der Waals surface area contributed by atoms with Crippen LogP contribution in [-0.2, 0) is 17.8 Å². The molecule has 0 saturated carbocycles. The van der Waals surface area contributed by atoms with Crippen molar-refractivity contribution in [3.05, 3.63) is 53.1 Å². The number of hydrogen-bond donors (Lipinski definition) is 2. The van der Waals surface area contributed by atoms with Crippen molar-refractivity contribution in [2.75, 3.05) is 41.1 Å². The van der Waals surface area contributed by atoms with Crippen LogP contribution in [0.5, 0.6) is 17.2 Å². The van der Waals surface area contributed by atoms with E-state index in [9.17, 15) is 0 Å². The van der Waals surface area contributed by atoms with E-state index in [1.165, 1.54) is 0 Å². The van der Waals surface area contributed by atoms with Crippen LogP contribution in [0.2, 0.25) is 0 Å². The highest BCUT2D eigenvalue weighted by atomic mass is 16.5. The van der Waals surface area contributed by atoms with E-state index < -0.39 is 0 Å². The molecule has 0 aromatic heterocycles. The van der Waals surface area contributed by atoms with Crippen LogP contribution < -0.4 is 24.8 Å². The average molecular weight is 430 g/mol. The number of aliphatic imine (C=N–C) groups is 1. The van der Waals surface area contributed by atoms with Crippen molar-refractivity contribution in [2.24, 2.45) is 4.99 Å². The molecular formula is C24H35N3O4. The molecule has 0 unspecified atom stereocenters. The first-order chi connectivity index (χ1) is 15.1. The zero-order valence-electron chi connectivity index (χ0n) is 19.3. The summed E-state index contributed by atoms with van der Waals surface area (Å²) < 4.78 is 21.8. The van der Waals surface area contributed by atoms with E-state index in [1.807, 2.05) is 25.1 Å². The molecule has 0 heterocycles. The summed E-state index contributed by atoms with van der Waals surface area (Å²) in [6.07, 6.45) is 0.852. The molecule has 0 spiro atoms. The van der Waals surface area contributed by atoms with Gasteiger partial charge in [0.2, 0.25) is 0 Å². The second-order valence-corrected chi connectivity index (χ2v) is 7.03. The first-order valence-electron chi connectivity index (χ1n) is 10.6. The molecule has 0 aliphatic carbocycles. The Morgan fingerprint density at radius 3 is 2.42 bits per heavy atom. The molecule has 0 bridgehead atoms. The van der Waals surface area contributed by atoms with Crippen LogP contribution in [-0.4, -0.2) is 47.0 Å². The molecule has 7 heteroatoms. The van der Waals surface area contributed by atoms with Crippen molar-refractivity contribution in [3.8, 4) is 17.2 Å². The van der Waals surface area contributed by atoms with Crippen molar-refractivity contribution in [1.29, 1.82) is 0 Å². The van der Waals surface area contributed by atoms with Crippen molar-refractivity contribution in [1.82, 2.24) is 10.6 Å². The van der Waals surface area contributed by atoms with Crippen LogP contribution in [0.1, 0.15) is 30.0 Å². The van der Waals surface area contributed by atoms with E-state index in [0.717, 1.165) is 52.9 Å². The highest BCUT2D eigenvalue weighted by Crippen LogP contribution is 2.25. The van der Waals surface area contributed by atoms with Crippen LogP contribution in [0.25, 0.3) is 0 Å². The third-order valence-corrected chi connectivity index (χ3v) is 4.67. The Morgan fingerprint density at radius 1 is 0.903 bits per heavy atom. The number of hydrogen-bond acceptors (Lipinski definition) is 5. The number of rotatable bonds is 12. The van der Waals surface area contributed by atoms with Gasteiger partial charge in [0.25, 0.3) is 0 Å². The monoisotopic (exact) mass is 429 g/mol. The summed E-state index contributed by atoms with van der Waals surface area (Å²) in [5.41, 5.74) is 3.23. The van der Waals surface area contributed by atoms with Crippen LogP contribution in [0.4, 0.5) is 0 Å². The van der Waals surface area contributed by atoms with Gasteiger partial charge in [-0.05, 0) is 37.6 Å². The average Bonchev–Trinajstić information content (AvgIpc) is 2.79. The number of aryl methyl sites for hydroxylation is 1. The second kappa shape index (κ2) is 13.4. The predicted octanol–water partition coefficient (Wildman–Crippen LogP) is 3.68. The second-order valence-electron chi connectivity index (χ2n) is 7.03. The van der Waals surface area contributed by atoms with Crippen LogP contribution in [0.3, 0.4) is 0 Å². The molecule has 0 atom stereocenters. The van der Waals surface area contributed by atoms with Gasteiger partial charge in [-0.1, -0.05) is 12.1 Å². The highest BCUT2D eigenvalue weighted by molar-refractivity contribution is 5.79. The zero-order chi connectivity index (χ0) is 22.5. The van der Waals surface area contributed by atoms with Crippen LogP contribution in [0.15, 0.2) is 41.4 Å². The summed E-state index contributed by atoms with van der Waals surface area (Å²) in [4.78, 5) is 4.71. The number of guanidine groups is 1. The molecule has 170 valence electrons. The quantitative estimate of drug-likeness (QED) is 0.305. The van der Waals surface area contributed by atoms with Gasteiger partial charge in [0.05, 0.1) is 27.4 Å². The van der Waals surface area contributed by atoms with E-state index in [0.29, 0.717) is 26.3 Å². The Morgan fingerprint density at radius 2 is 1.71 bits per heavy atom. The van der Waals surface area contributed by atoms with Gasteiger partial charge < -0.3 is 29.6 Å². The third kappa shape index (κ3) is 8.02. The largest absolute Gasteiger partial charge is 0.497 e. The molecule has 7 nitrogen and oxygen atoms in total. The van der Waals surface area contributed by atoms with Crippen molar-refractivity contribution < 1.29 is 18.9 Å². The molecule has 2 aromatic carbocycles. The van der Waals surface area contributed by atoms with Gasteiger partial charge >= 0.3 is 0 Å². The minimum atomic E-state index is 0.483. The highest BCUT2D eigenvalue weighted by Gasteiger charge is 2.08. The molecule has 0 radical (unpaired) electrons. The lowest BCUT2D eigenvalue weighted by Crippen LogP contribution is -2.36. The molecule has 31 heavy (non-hydrogen) atoms. The van der Waals surface area contributed by atoms with Gasteiger partial charge in [-0.3, -0.25) is 0 Å². The minimum Gasteiger partial charge on any atom is -0.497 e. The summed E-state index contributed by atoms with van der Waals surface area (Å²) in [6, 6.07) is 12.0. The van der Waals surface area contributed by atoms with E-state index >= 15 is 0 Å². The Labute approximate surface area is 185 Å².